The molecule has 0 aromatic carbocycles. The monoisotopic (exact) mass is 270 g/mol. The van der Waals surface area contributed by atoms with Crippen molar-refractivity contribution >= 4 is 5.97 Å². The van der Waals surface area contributed by atoms with Gasteiger partial charge in [0.25, 0.3) is 0 Å². The molecule has 3 heteroatoms. The van der Waals surface area contributed by atoms with Gasteiger partial charge in [0, 0.05) is 0 Å². The van der Waals surface area contributed by atoms with Gasteiger partial charge in [-0.15, -0.1) is 0 Å². The summed E-state index contributed by atoms with van der Waals surface area (Å²) in [5, 5.41) is 0. The van der Waals surface area contributed by atoms with E-state index in [2.05, 4.69) is 0 Å². The number of rotatable bonds is 8. The van der Waals surface area contributed by atoms with E-state index in [4.69, 9.17) is 9.47 Å². The molecule has 0 spiro atoms. The number of hydrogen-bond donors (Lipinski definition) is 0. The fourth-order valence-electron chi connectivity index (χ4n) is 2.58. The van der Waals surface area contributed by atoms with E-state index in [-0.39, 0.29) is 11.9 Å². The van der Waals surface area contributed by atoms with Crippen LogP contribution in [0.5, 0.6) is 0 Å². The van der Waals surface area contributed by atoms with Gasteiger partial charge in [-0.3, -0.25) is 4.79 Å². The third kappa shape index (κ3) is 6.95. The molecule has 0 aliphatic heterocycles. The van der Waals surface area contributed by atoms with Gasteiger partial charge in [0.15, 0.2) is 6.29 Å². The van der Waals surface area contributed by atoms with Gasteiger partial charge >= 0.3 is 5.97 Å². The minimum absolute atomic E-state index is 0.0340. The molecule has 2 unspecified atom stereocenters. The van der Waals surface area contributed by atoms with Crippen LogP contribution in [0.1, 0.15) is 72.1 Å². The first kappa shape index (κ1) is 16.5. The molecule has 19 heavy (non-hydrogen) atoms. The zero-order valence-electron chi connectivity index (χ0n) is 12.8. The van der Waals surface area contributed by atoms with Crippen LogP contribution in [0.3, 0.4) is 0 Å². The molecule has 3 nitrogen and oxygen atoms in total. The van der Waals surface area contributed by atoms with Crippen molar-refractivity contribution in [3.05, 3.63) is 0 Å². The molecule has 2 atom stereocenters. The lowest BCUT2D eigenvalue weighted by molar-refractivity contribution is -0.179. The van der Waals surface area contributed by atoms with Crippen LogP contribution in [-0.4, -0.2) is 18.9 Å². The van der Waals surface area contributed by atoms with Crippen LogP contribution in [0.15, 0.2) is 0 Å². The maximum absolute atomic E-state index is 11.6. The van der Waals surface area contributed by atoms with Crippen molar-refractivity contribution in [1.29, 1.82) is 0 Å². The second kappa shape index (κ2) is 9.35. The maximum atomic E-state index is 11.6. The summed E-state index contributed by atoms with van der Waals surface area (Å²) in [7, 11) is 0. The third-order valence-electron chi connectivity index (χ3n) is 4.13. The first-order valence-electron chi connectivity index (χ1n) is 7.95. The predicted octanol–water partition coefficient (Wildman–Crippen LogP) is 4.30. The van der Waals surface area contributed by atoms with Crippen molar-refractivity contribution in [1.82, 2.24) is 0 Å². The van der Waals surface area contributed by atoms with Gasteiger partial charge < -0.3 is 9.47 Å². The Morgan fingerprint density at radius 3 is 2.53 bits per heavy atom. The van der Waals surface area contributed by atoms with Crippen molar-refractivity contribution in [2.75, 3.05) is 6.61 Å². The quantitative estimate of drug-likeness (QED) is 0.375. The van der Waals surface area contributed by atoms with E-state index >= 15 is 0 Å². The Hall–Kier alpha value is -0.570. The Bertz CT molecular complexity index is 246. The first-order chi connectivity index (χ1) is 9.13. The summed E-state index contributed by atoms with van der Waals surface area (Å²) >= 11 is 0. The van der Waals surface area contributed by atoms with Gasteiger partial charge in [-0.25, -0.2) is 0 Å². The van der Waals surface area contributed by atoms with E-state index in [9.17, 15) is 4.79 Å². The highest BCUT2D eigenvalue weighted by Gasteiger charge is 2.16. The standard InChI is InChI=1S/C16H30O3/c1-4-13(2)16(17)19-14(3)18-12-8-11-15-9-6-5-7-10-15/h13-15H,4-12H2,1-3H3. The Balaban J connectivity index is 2.03. The minimum atomic E-state index is -0.409. The second-order valence-corrected chi connectivity index (χ2v) is 5.83. The summed E-state index contributed by atoms with van der Waals surface area (Å²) in [5.41, 5.74) is 0. The topological polar surface area (TPSA) is 35.5 Å². The van der Waals surface area contributed by atoms with Crippen LogP contribution in [0, 0.1) is 11.8 Å². The molecule has 112 valence electrons. The summed E-state index contributed by atoms with van der Waals surface area (Å²) < 4.78 is 10.8. The molecule has 0 saturated heterocycles. The fourth-order valence-corrected chi connectivity index (χ4v) is 2.58. The Morgan fingerprint density at radius 2 is 1.89 bits per heavy atom. The molecule has 1 rings (SSSR count). The molecule has 0 bridgehead atoms. The number of carbonyl (C=O) groups excluding carboxylic acids is 1. The zero-order valence-corrected chi connectivity index (χ0v) is 12.8. The maximum Gasteiger partial charge on any atom is 0.310 e. The van der Waals surface area contributed by atoms with E-state index in [1.165, 1.54) is 38.5 Å². The van der Waals surface area contributed by atoms with E-state index in [0.717, 1.165) is 18.8 Å². The molecule has 1 saturated carbocycles. The average Bonchev–Trinajstić information content (AvgIpc) is 2.43. The molecule has 0 heterocycles. The molecule has 0 radical (unpaired) electrons. The van der Waals surface area contributed by atoms with Crippen molar-refractivity contribution in [2.24, 2.45) is 11.8 Å². The minimum Gasteiger partial charge on any atom is -0.436 e. The predicted molar refractivity (Wildman–Crippen MR) is 76.8 cm³/mol. The van der Waals surface area contributed by atoms with E-state index < -0.39 is 6.29 Å². The van der Waals surface area contributed by atoms with Crippen LogP contribution in [0.4, 0.5) is 0 Å². The highest BCUT2D eigenvalue weighted by molar-refractivity contribution is 5.71. The first-order valence-corrected chi connectivity index (χ1v) is 7.95. The smallest absolute Gasteiger partial charge is 0.310 e. The van der Waals surface area contributed by atoms with Crippen molar-refractivity contribution < 1.29 is 14.3 Å². The molecular weight excluding hydrogens is 240 g/mol. The molecule has 1 aliphatic carbocycles. The lowest BCUT2D eigenvalue weighted by Gasteiger charge is -2.22. The van der Waals surface area contributed by atoms with Gasteiger partial charge in [-0.1, -0.05) is 46.0 Å². The SMILES string of the molecule is CCC(C)C(=O)OC(C)OCCCC1CCCCC1. The zero-order chi connectivity index (χ0) is 14.1. The number of hydrogen-bond acceptors (Lipinski definition) is 3. The summed E-state index contributed by atoms with van der Waals surface area (Å²) in [4.78, 5) is 11.6. The van der Waals surface area contributed by atoms with Crippen LogP contribution < -0.4 is 0 Å². The molecule has 1 fully saturated rings. The lowest BCUT2D eigenvalue weighted by atomic mass is 9.86. The van der Waals surface area contributed by atoms with Crippen molar-refractivity contribution in [2.45, 2.75) is 78.4 Å². The van der Waals surface area contributed by atoms with Crippen LogP contribution in [0.2, 0.25) is 0 Å². The molecule has 0 aromatic rings. The van der Waals surface area contributed by atoms with Crippen molar-refractivity contribution in [3.8, 4) is 0 Å². The van der Waals surface area contributed by atoms with E-state index in [1.54, 1.807) is 6.92 Å². The average molecular weight is 270 g/mol. The van der Waals surface area contributed by atoms with Crippen LogP contribution >= 0.6 is 0 Å². The Labute approximate surface area is 118 Å². The van der Waals surface area contributed by atoms with Gasteiger partial charge in [-0.2, -0.15) is 0 Å². The highest BCUT2D eigenvalue weighted by Crippen LogP contribution is 2.27. The third-order valence-corrected chi connectivity index (χ3v) is 4.13. The van der Waals surface area contributed by atoms with Gasteiger partial charge in [0.2, 0.25) is 0 Å². The number of ether oxygens (including phenoxy) is 2. The lowest BCUT2D eigenvalue weighted by Crippen LogP contribution is -2.23. The summed E-state index contributed by atoms with van der Waals surface area (Å²) in [5.74, 6) is 0.714. The Morgan fingerprint density at radius 1 is 1.21 bits per heavy atom. The molecule has 0 amide bonds. The molecule has 0 N–H and O–H groups in total. The van der Waals surface area contributed by atoms with Crippen LogP contribution in [-0.2, 0) is 14.3 Å². The van der Waals surface area contributed by atoms with Crippen LogP contribution in [0.25, 0.3) is 0 Å². The normalized spacial score (nSPS) is 19.9. The fraction of sp³-hybridized carbons (Fsp3) is 0.938. The molecule has 1 aliphatic rings. The highest BCUT2D eigenvalue weighted by atomic mass is 16.7. The molecular formula is C16H30O3. The van der Waals surface area contributed by atoms with Crippen molar-refractivity contribution in [3.63, 3.8) is 0 Å². The summed E-state index contributed by atoms with van der Waals surface area (Å²) in [6, 6.07) is 0. The number of esters is 1. The van der Waals surface area contributed by atoms with Gasteiger partial charge in [0.1, 0.15) is 0 Å². The largest absolute Gasteiger partial charge is 0.436 e. The summed E-state index contributed by atoms with van der Waals surface area (Å²) in [6.07, 6.45) is 9.72. The summed E-state index contributed by atoms with van der Waals surface area (Å²) in [6.45, 7) is 6.38. The van der Waals surface area contributed by atoms with E-state index in [0.29, 0.717) is 6.61 Å². The van der Waals surface area contributed by atoms with Gasteiger partial charge in [-0.05, 0) is 32.1 Å². The Kier molecular flexibility index (Phi) is 8.11. The van der Waals surface area contributed by atoms with E-state index in [1.807, 2.05) is 13.8 Å². The second-order valence-electron chi connectivity index (χ2n) is 5.83. The van der Waals surface area contributed by atoms with Gasteiger partial charge in [0.05, 0.1) is 12.5 Å². The molecule has 0 aromatic heterocycles. The number of carbonyl (C=O) groups is 1.